The van der Waals surface area contributed by atoms with Crippen LogP contribution < -0.4 is 9.47 Å². The van der Waals surface area contributed by atoms with Crippen LogP contribution in [-0.2, 0) is 22.6 Å². The minimum Gasteiger partial charge on any atom is -0.460 e. The predicted octanol–water partition coefficient (Wildman–Crippen LogP) is 9.70. The van der Waals surface area contributed by atoms with Gasteiger partial charge >= 0.3 is 0 Å². The summed E-state index contributed by atoms with van der Waals surface area (Å²) in [5.41, 5.74) is 7.48. The first-order chi connectivity index (χ1) is 28.4. The van der Waals surface area contributed by atoms with Gasteiger partial charge in [0.15, 0.2) is 0 Å². The van der Waals surface area contributed by atoms with Crippen molar-refractivity contribution in [2.24, 2.45) is 22.9 Å². The quantitative estimate of drug-likeness (QED) is 0.0512. The van der Waals surface area contributed by atoms with Crippen LogP contribution in [-0.4, -0.2) is 62.5 Å². The van der Waals surface area contributed by atoms with E-state index in [0.29, 0.717) is 19.6 Å². The van der Waals surface area contributed by atoms with Gasteiger partial charge in [-0.25, -0.2) is 0 Å². The van der Waals surface area contributed by atoms with Gasteiger partial charge in [-0.3, -0.25) is 9.97 Å². The fourth-order valence-electron chi connectivity index (χ4n) is 8.98. The zero-order valence-electron chi connectivity index (χ0n) is 33.8. The lowest BCUT2D eigenvalue weighted by atomic mass is 9.56. The smallest absolute Gasteiger partial charge is 0.230 e. The van der Waals surface area contributed by atoms with Crippen molar-refractivity contribution in [1.29, 1.82) is 0 Å². The topological polar surface area (TPSA) is 116 Å². The van der Waals surface area contributed by atoms with Gasteiger partial charge in [-0.05, 0) is 110 Å². The molecule has 10 heteroatoms. The van der Waals surface area contributed by atoms with Gasteiger partial charge in [-0.1, -0.05) is 66.5 Å². The van der Waals surface area contributed by atoms with Crippen LogP contribution in [0.1, 0.15) is 78.8 Å². The number of benzene rings is 3. The molecule has 2 N–H and O–H groups in total. The summed E-state index contributed by atoms with van der Waals surface area (Å²) in [6.07, 6.45) is 15.9. The normalized spacial score (nSPS) is 24.0. The zero-order valence-corrected chi connectivity index (χ0v) is 34.6. The number of ether oxygens (including phenoxy) is 3. The molecule has 306 valence electrons. The zero-order chi connectivity index (χ0) is 40.3. The first kappa shape index (κ1) is 41.7. The highest BCUT2D eigenvalue weighted by molar-refractivity contribution is 8.00. The molecule has 3 aromatic carbocycles. The van der Waals surface area contributed by atoms with E-state index in [2.05, 4.69) is 60.7 Å². The molecule has 0 amide bonds. The minimum absolute atomic E-state index is 0.0302. The number of hydrogen-bond acceptors (Lipinski definition) is 10. The third-order valence-electron chi connectivity index (χ3n) is 11.9. The van der Waals surface area contributed by atoms with Crippen LogP contribution in [0.4, 0.5) is 0 Å². The summed E-state index contributed by atoms with van der Waals surface area (Å²) in [4.78, 5) is 15.1. The van der Waals surface area contributed by atoms with Crippen molar-refractivity contribution in [1.82, 2.24) is 9.97 Å². The van der Waals surface area contributed by atoms with Crippen LogP contribution in [0.15, 0.2) is 115 Å². The Bertz CT molecular complexity index is 2030. The molecule has 2 heterocycles. The highest BCUT2D eigenvalue weighted by Gasteiger charge is 2.64. The van der Waals surface area contributed by atoms with Crippen LogP contribution in [0.25, 0.3) is 0 Å². The van der Waals surface area contributed by atoms with Crippen molar-refractivity contribution in [3.63, 3.8) is 0 Å². The minimum atomic E-state index is -1.05. The second-order valence-electron chi connectivity index (χ2n) is 15.7. The van der Waals surface area contributed by atoms with Gasteiger partial charge in [0.1, 0.15) is 23.9 Å². The molecule has 7 rings (SSSR count). The fraction of sp³-hybridized carbons (Fsp3) is 0.438. The number of aryl methyl sites for hydroxylation is 3. The van der Waals surface area contributed by atoms with Crippen molar-refractivity contribution < 1.29 is 29.3 Å². The number of fused-ring (bicyclic) bond motifs is 2. The molecule has 9 nitrogen and oxygen atoms in total. The summed E-state index contributed by atoms with van der Waals surface area (Å²) in [7, 11) is 0. The molecular formula is C48H57N3O6S. The molecule has 6 atom stereocenters. The number of unbranched alkanes of at least 4 members (excludes halogenated alkanes) is 2. The maximum absolute atomic E-state index is 9.96. The molecule has 6 unspecified atom stereocenters. The van der Waals surface area contributed by atoms with E-state index < -0.39 is 5.79 Å². The van der Waals surface area contributed by atoms with Crippen LogP contribution in [0.2, 0.25) is 0 Å². The first-order valence-electron chi connectivity index (χ1n) is 20.8. The Balaban J connectivity index is 1.36. The molecule has 0 saturated heterocycles. The van der Waals surface area contributed by atoms with E-state index in [0.717, 1.165) is 96.1 Å². The molecule has 0 spiro atoms. The van der Waals surface area contributed by atoms with Crippen molar-refractivity contribution in [2.45, 2.75) is 88.8 Å². The van der Waals surface area contributed by atoms with Crippen LogP contribution in [0.3, 0.4) is 0 Å². The van der Waals surface area contributed by atoms with Gasteiger partial charge in [0.2, 0.25) is 5.79 Å². The Morgan fingerprint density at radius 1 is 0.948 bits per heavy atom. The van der Waals surface area contributed by atoms with Crippen LogP contribution in [0.5, 0.6) is 17.2 Å². The SMILES string of the molecule is C=CCOC12Oc3ccc(Oc4ccc(C)c(C)c4)cc3C3C(CCCCO)C(CCCCO)C=C(C(=NOCc4ccccc4)CC1SCCc1cnccn1)C32. The van der Waals surface area contributed by atoms with Crippen molar-refractivity contribution >= 4 is 17.5 Å². The van der Waals surface area contributed by atoms with Gasteiger partial charge < -0.3 is 29.3 Å². The maximum Gasteiger partial charge on any atom is 0.230 e. The van der Waals surface area contributed by atoms with Gasteiger partial charge in [0.25, 0.3) is 0 Å². The Morgan fingerprint density at radius 2 is 1.74 bits per heavy atom. The van der Waals surface area contributed by atoms with Gasteiger partial charge in [-0.15, -0.1) is 6.58 Å². The molecule has 1 saturated carbocycles. The van der Waals surface area contributed by atoms with E-state index in [-0.39, 0.29) is 42.1 Å². The summed E-state index contributed by atoms with van der Waals surface area (Å²) in [6, 6.07) is 22.5. The number of allylic oxidation sites excluding steroid dienone is 1. The fourth-order valence-corrected chi connectivity index (χ4v) is 10.4. The first-order valence-corrected chi connectivity index (χ1v) is 21.8. The standard InChI is InChI=1S/C48H57N3O6S/c1-4-25-54-48-45(58-26-20-37-31-49-21-22-50-37)30-43(51-55-32-35-12-6-5-7-13-35)41-28-36(14-8-10-23-52)40(15-9-11-24-53)46(47(41)48)42-29-39(18-19-44(42)57-48)56-38-17-16-33(2)34(3)27-38/h4-7,12-13,16-19,21-22,27-29,31,36,40,45-47,52-53H,1,8-11,14-15,20,23-26,30,32H2,2-3H3. The lowest BCUT2D eigenvalue weighted by molar-refractivity contribution is -0.223. The number of hydrogen-bond donors (Lipinski definition) is 2. The molecule has 1 aliphatic heterocycles. The number of thioether (sulfide) groups is 1. The highest BCUT2D eigenvalue weighted by atomic mass is 32.2. The molecule has 1 fully saturated rings. The third-order valence-corrected chi connectivity index (χ3v) is 13.2. The van der Waals surface area contributed by atoms with Gasteiger partial charge in [-0.2, -0.15) is 11.8 Å². The van der Waals surface area contributed by atoms with Gasteiger partial charge in [0, 0.05) is 56.1 Å². The second kappa shape index (κ2) is 20.0. The molecule has 1 aromatic heterocycles. The molecule has 0 bridgehead atoms. The van der Waals surface area contributed by atoms with E-state index in [4.69, 9.17) is 24.2 Å². The Labute approximate surface area is 347 Å². The van der Waals surface area contributed by atoms with E-state index in [9.17, 15) is 10.2 Å². The van der Waals surface area contributed by atoms with E-state index in [1.807, 2.05) is 60.4 Å². The summed E-state index contributed by atoms with van der Waals surface area (Å²) in [5.74, 6) is 2.18. The Morgan fingerprint density at radius 3 is 2.50 bits per heavy atom. The summed E-state index contributed by atoms with van der Waals surface area (Å²) < 4.78 is 21.0. The van der Waals surface area contributed by atoms with Crippen molar-refractivity contribution in [3.05, 3.63) is 138 Å². The van der Waals surface area contributed by atoms with E-state index in [1.165, 1.54) is 11.1 Å². The molecule has 0 radical (unpaired) electrons. The van der Waals surface area contributed by atoms with Crippen molar-refractivity contribution in [3.8, 4) is 17.2 Å². The number of oxime groups is 1. The molecule has 58 heavy (non-hydrogen) atoms. The number of aliphatic hydroxyl groups is 2. The van der Waals surface area contributed by atoms with Crippen LogP contribution in [0, 0.1) is 31.6 Å². The van der Waals surface area contributed by atoms with Crippen LogP contribution >= 0.6 is 11.8 Å². The van der Waals surface area contributed by atoms with E-state index >= 15 is 0 Å². The van der Waals surface area contributed by atoms with Crippen molar-refractivity contribution in [2.75, 3.05) is 25.6 Å². The largest absolute Gasteiger partial charge is 0.460 e. The average Bonchev–Trinajstić information content (AvgIpc) is 3.24. The predicted molar refractivity (Wildman–Crippen MR) is 230 cm³/mol. The molecule has 3 aliphatic rings. The Kier molecular flexibility index (Phi) is 14.4. The monoisotopic (exact) mass is 803 g/mol. The number of rotatable bonds is 20. The molecular weight excluding hydrogens is 747 g/mol. The number of aliphatic hydroxyl groups excluding tert-OH is 2. The third kappa shape index (κ3) is 9.52. The highest BCUT2D eigenvalue weighted by Crippen LogP contribution is 2.62. The van der Waals surface area contributed by atoms with Gasteiger partial charge in [0.05, 0.1) is 29.2 Å². The Hall–Kier alpha value is -4.48. The second-order valence-corrected chi connectivity index (χ2v) is 17.0. The maximum atomic E-state index is 9.96. The summed E-state index contributed by atoms with van der Waals surface area (Å²) in [5, 5.41) is 24.6. The summed E-state index contributed by atoms with van der Waals surface area (Å²) in [6.45, 7) is 9.25. The molecule has 4 aromatic rings. The lowest BCUT2D eigenvalue weighted by Gasteiger charge is -2.58. The number of aromatic nitrogens is 2. The molecule has 2 aliphatic carbocycles. The average molecular weight is 804 g/mol. The summed E-state index contributed by atoms with van der Waals surface area (Å²) >= 11 is 1.82. The van der Waals surface area contributed by atoms with E-state index in [1.54, 1.807) is 18.5 Å². The number of nitrogens with zero attached hydrogens (tertiary/aromatic N) is 3. The lowest BCUT2D eigenvalue weighted by Crippen LogP contribution is -2.64.